The van der Waals surface area contributed by atoms with Gasteiger partial charge in [0.15, 0.2) is 17.4 Å². The Morgan fingerprint density at radius 1 is 1.29 bits per heavy atom. The molecule has 1 aromatic heterocycles. The summed E-state index contributed by atoms with van der Waals surface area (Å²) >= 11 is 0. The highest BCUT2D eigenvalue weighted by molar-refractivity contribution is 5.75. The molecule has 0 bridgehead atoms. The third kappa shape index (κ3) is 5.41. The summed E-state index contributed by atoms with van der Waals surface area (Å²) in [4.78, 5) is 15.6. The molecule has 3 rings (SSSR count). The normalized spacial score (nSPS) is 13.2. The summed E-state index contributed by atoms with van der Waals surface area (Å²) < 4.78 is 38.9. The van der Waals surface area contributed by atoms with E-state index < -0.39 is 17.4 Å². The monoisotopic (exact) mass is 390 g/mol. The van der Waals surface area contributed by atoms with E-state index in [4.69, 9.17) is 9.47 Å². The van der Waals surface area contributed by atoms with E-state index in [1.807, 2.05) is 0 Å². The lowest BCUT2D eigenvalue weighted by atomic mass is 10.1. The van der Waals surface area contributed by atoms with Crippen molar-refractivity contribution < 1.29 is 23.0 Å². The van der Waals surface area contributed by atoms with Crippen LogP contribution in [0, 0.1) is 17.6 Å². The number of hydrogen-bond acceptors (Lipinski definition) is 5. The van der Waals surface area contributed by atoms with E-state index in [9.17, 15) is 13.6 Å². The lowest BCUT2D eigenvalue weighted by molar-refractivity contribution is -0.143. The van der Waals surface area contributed by atoms with Gasteiger partial charge in [-0.1, -0.05) is 0 Å². The number of carbonyl (C=O) groups excluding carboxylic acids is 1. The molecule has 0 aliphatic heterocycles. The Morgan fingerprint density at radius 2 is 2.04 bits per heavy atom. The molecule has 1 heterocycles. The van der Waals surface area contributed by atoms with E-state index in [-0.39, 0.29) is 19.0 Å². The largest absolute Gasteiger partial charge is 0.488 e. The molecular weight excluding hydrogens is 366 g/mol. The number of nitrogens with one attached hydrogen (secondary N) is 1. The number of hydrogen-bond donors (Lipinski definition) is 1. The number of benzene rings is 1. The van der Waals surface area contributed by atoms with Gasteiger partial charge in [-0.05, 0) is 61.9 Å². The minimum atomic E-state index is -0.789. The molecule has 7 heteroatoms. The minimum Gasteiger partial charge on any atom is -0.488 e. The Morgan fingerprint density at radius 3 is 2.71 bits per heavy atom. The van der Waals surface area contributed by atoms with Gasteiger partial charge in [0.2, 0.25) is 0 Å². The maximum absolute atomic E-state index is 14.5. The molecule has 0 radical (unpaired) electrons. The van der Waals surface area contributed by atoms with E-state index in [2.05, 4.69) is 10.3 Å². The Labute approximate surface area is 163 Å². The van der Waals surface area contributed by atoms with Crippen molar-refractivity contribution in [3.8, 4) is 16.9 Å². The molecular formula is C21H24F2N2O3. The molecule has 0 amide bonds. The number of nitrogens with zero attached hydrogens (tertiary/aromatic N) is 1. The number of rotatable bonds is 10. The second-order valence-electron chi connectivity index (χ2n) is 6.75. The number of esters is 1. The third-order valence-corrected chi connectivity index (χ3v) is 4.45. The van der Waals surface area contributed by atoms with E-state index in [0.717, 1.165) is 6.54 Å². The maximum atomic E-state index is 14.5. The van der Waals surface area contributed by atoms with Crippen LogP contribution in [-0.2, 0) is 9.53 Å². The van der Waals surface area contributed by atoms with E-state index in [1.54, 1.807) is 25.3 Å². The fraction of sp³-hybridized carbons (Fsp3) is 0.429. The van der Waals surface area contributed by atoms with Crippen LogP contribution in [0.1, 0.15) is 32.6 Å². The van der Waals surface area contributed by atoms with Crippen LogP contribution in [0.15, 0.2) is 30.5 Å². The van der Waals surface area contributed by atoms with Crippen LogP contribution >= 0.6 is 0 Å². The number of ether oxygens (including phenoxy) is 2. The van der Waals surface area contributed by atoms with Gasteiger partial charge in [-0.15, -0.1) is 0 Å². The summed E-state index contributed by atoms with van der Waals surface area (Å²) in [6.07, 6.45) is 4.49. The van der Waals surface area contributed by atoms with Crippen molar-refractivity contribution >= 4 is 11.8 Å². The summed E-state index contributed by atoms with van der Waals surface area (Å²) in [5.74, 6) is -1.12. The highest BCUT2D eigenvalue weighted by Gasteiger charge is 2.22. The highest BCUT2D eigenvalue weighted by Crippen LogP contribution is 2.34. The smallest absolute Gasteiger partial charge is 0.305 e. The predicted molar refractivity (Wildman–Crippen MR) is 102 cm³/mol. The van der Waals surface area contributed by atoms with Crippen LogP contribution in [-0.4, -0.2) is 30.7 Å². The summed E-state index contributed by atoms with van der Waals surface area (Å²) in [7, 11) is 0. The molecule has 5 nitrogen and oxygen atoms in total. The van der Waals surface area contributed by atoms with Crippen molar-refractivity contribution in [3.05, 3.63) is 42.1 Å². The van der Waals surface area contributed by atoms with Gasteiger partial charge in [-0.2, -0.15) is 0 Å². The molecule has 2 aromatic rings. The van der Waals surface area contributed by atoms with E-state index >= 15 is 0 Å². The molecule has 150 valence electrons. The van der Waals surface area contributed by atoms with Crippen molar-refractivity contribution in [2.24, 2.45) is 5.92 Å². The average molecular weight is 390 g/mol. The van der Waals surface area contributed by atoms with Gasteiger partial charge >= 0.3 is 5.97 Å². The quantitative estimate of drug-likeness (QED) is 0.476. The lowest BCUT2D eigenvalue weighted by Crippen LogP contribution is -2.08. The molecule has 28 heavy (non-hydrogen) atoms. The number of anilines is 1. The lowest BCUT2D eigenvalue weighted by Gasteiger charge is -2.13. The first-order chi connectivity index (χ1) is 13.6. The zero-order valence-electron chi connectivity index (χ0n) is 15.8. The van der Waals surface area contributed by atoms with Crippen molar-refractivity contribution in [2.75, 3.05) is 25.1 Å². The average Bonchev–Trinajstić information content (AvgIpc) is 3.50. The van der Waals surface area contributed by atoms with Gasteiger partial charge in [-0.3, -0.25) is 4.79 Å². The summed E-state index contributed by atoms with van der Waals surface area (Å²) in [6, 6.07) is 5.98. The number of aromatic nitrogens is 1. The van der Waals surface area contributed by atoms with Gasteiger partial charge in [-0.25, -0.2) is 13.8 Å². The van der Waals surface area contributed by atoms with Gasteiger partial charge in [0.05, 0.1) is 13.2 Å². The number of carbonyl (C=O) groups is 1. The first-order valence-corrected chi connectivity index (χ1v) is 9.55. The van der Waals surface area contributed by atoms with Crippen molar-refractivity contribution in [1.82, 2.24) is 4.98 Å². The maximum Gasteiger partial charge on any atom is 0.305 e. The first kappa shape index (κ1) is 20.0. The SMILES string of the molecule is CCOC(=O)CCCOc1c(F)cc(-c2cccnc2NCC2CC2)cc1F. The molecule has 0 atom stereocenters. The fourth-order valence-electron chi connectivity index (χ4n) is 2.82. The summed E-state index contributed by atoms with van der Waals surface area (Å²) in [6.45, 7) is 2.84. The zero-order chi connectivity index (χ0) is 19.9. The van der Waals surface area contributed by atoms with Crippen LogP contribution in [0.5, 0.6) is 5.75 Å². The zero-order valence-corrected chi connectivity index (χ0v) is 15.8. The topological polar surface area (TPSA) is 60.5 Å². The molecule has 0 spiro atoms. The minimum absolute atomic E-state index is 0.0209. The Bertz CT molecular complexity index is 802. The number of halogens is 2. The summed E-state index contributed by atoms with van der Waals surface area (Å²) in [5.41, 5.74) is 1.02. The van der Waals surface area contributed by atoms with Gasteiger partial charge in [0.25, 0.3) is 0 Å². The van der Waals surface area contributed by atoms with Gasteiger partial charge in [0.1, 0.15) is 5.82 Å². The third-order valence-electron chi connectivity index (χ3n) is 4.45. The van der Waals surface area contributed by atoms with Crippen LogP contribution in [0.4, 0.5) is 14.6 Å². The Hall–Kier alpha value is -2.70. The summed E-state index contributed by atoms with van der Waals surface area (Å²) in [5, 5.41) is 3.26. The number of pyridine rings is 1. The molecule has 0 unspecified atom stereocenters. The van der Waals surface area contributed by atoms with Crippen molar-refractivity contribution in [3.63, 3.8) is 0 Å². The van der Waals surface area contributed by atoms with Gasteiger partial charge < -0.3 is 14.8 Å². The van der Waals surface area contributed by atoms with Crippen LogP contribution in [0.2, 0.25) is 0 Å². The molecule has 1 fully saturated rings. The van der Waals surface area contributed by atoms with Crippen molar-refractivity contribution in [1.29, 1.82) is 0 Å². The van der Waals surface area contributed by atoms with Crippen LogP contribution < -0.4 is 10.1 Å². The predicted octanol–water partition coefficient (Wildman–Crippen LogP) is 4.57. The van der Waals surface area contributed by atoms with Crippen LogP contribution in [0.25, 0.3) is 11.1 Å². The molecule has 1 aliphatic rings. The molecule has 1 aromatic carbocycles. The molecule has 1 N–H and O–H groups in total. The Balaban J connectivity index is 1.67. The van der Waals surface area contributed by atoms with E-state index in [0.29, 0.717) is 35.9 Å². The van der Waals surface area contributed by atoms with Crippen LogP contribution in [0.3, 0.4) is 0 Å². The molecule has 0 saturated heterocycles. The van der Waals surface area contributed by atoms with E-state index in [1.165, 1.54) is 25.0 Å². The second-order valence-corrected chi connectivity index (χ2v) is 6.75. The standard InChI is InChI=1S/C21H24F2N2O3/c1-2-27-19(26)6-4-10-28-20-17(22)11-15(12-18(20)23)16-5-3-9-24-21(16)25-13-14-7-8-14/h3,5,9,11-12,14H,2,4,6-8,10,13H2,1H3,(H,24,25). The Kier molecular flexibility index (Phi) is 6.79. The highest BCUT2D eigenvalue weighted by atomic mass is 19.1. The second kappa shape index (κ2) is 9.48. The molecule has 1 saturated carbocycles. The van der Waals surface area contributed by atoms with Gasteiger partial charge in [0, 0.05) is 24.7 Å². The first-order valence-electron chi connectivity index (χ1n) is 9.55. The molecule has 1 aliphatic carbocycles. The van der Waals surface area contributed by atoms with Crippen molar-refractivity contribution in [2.45, 2.75) is 32.6 Å². The fourth-order valence-corrected chi connectivity index (χ4v) is 2.82.